The van der Waals surface area contributed by atoms with Gasteiger partial charge in [0.15, 0.2) is 6.29 Å². The van der Waals surface area contributed by atoms with Crippen LogP contribution in [0.15, 0.2) is 0 Å². The van der Waals surface area contributed by atoms with Crippen LogP contribution >= 0.6 is 0 Å². The molecule has 0 aliphatic carbocycles. The Morgan fingerprint density at radius 3 is 2.27 bits per heavy atom. The summed E-state index contributed by atoms with van der Waals surface area (Å²) in [7, 11) is 0. The Morgan fingerprint density at radius 2 is 1.80 bits per heavy atom. The summed E-state index contributed by atoms with van der Waals surface area (Å²) >= 11 is 0. The van der Waals surface area contributed by atoms with E-state index in [0.717, 1.165) is 4.90 Å². The van der Waals surface area contributed by atoms with Crippen LogP contribution in [0.5, 0.6) is 0 Å². The van der Waals surface area contributed by atoms with Gasteiger partial charge < -0.3 is 0 Å². The number of carbonyl (C=O) groups excluding carboxylic acids is 4. The lowest BCUT2D eigenvalue weighted by Crippen LogP contribution is -2.40. The molecule has 5 nitrogen and oxygen atoms in total. The van der Waals surface area contributed by atoms with Crippen molar-refractivity contribution in [1.82, 2.24) is 4.90 Å². The van der Waals surface area contributed by atoms with Gasteiger partial charge in [-0.25, -0.2) is 0 Å². The van der Waals surface area contributed by atoms with Crippen molar-refractivity contribution in [2.75, 3.05) is 0 Å². The summed E-state index contributed by atoms with van der Waals surface area (Å²) < 4.78 is 0. The molecule has 1 aliphatic heterocycles. The smallest absolute Gasteiger partial charge is 0.230 e. The second-order valence-corrected chi connectivity index (χ2v) is 3.33. The van der Waals surface area contributed by atoms with Crippen molar-refractivity contribution in [3.8, 4) is 0 Å². The SMILES string of the molecule is O=[C]CCCC([C]=O)N1C(=O)CCC1=O. The fraction of sp³-hybridized carbons (Fsp3) is 0.600. The lowest BCUT2D eigenvalue weighted by atomic mass is 10.1. The fourth-order valence-corrected chi connectivity index (χ4v) is 1.55. The maximum Gasteiger partial charge on any atom is 0.230 e. The highest BCUT2D eigenvalue weighted by atomic mass is 16.2. The zero-order valence-corrected chi connectivity index (χ0v) is 8.19. The van der Waals surface area contributed by atoms with E-state index >= 15 is 0 Å². The van der Waals surface area contributed by atoms with Crippen molar-refractivity contribution < 1.29 is 19.2 Å². The summed E-state index contributed by atoms with van der Waals surface area (Å²) in [4.78, 5) is 44.1. The van der Waals surface area contributed by atoms with Gasteiger partial charge in [0.2, 0.25) is 18.1 Å². The monoisotopic (exact) mass is 209 g/mol. The van der Waals surface area contributed by atoms with Crippen molar-refractivity contribution in [1.29, 1.82) is 0 Å². The number of imide groups is 1. The van der Waals surface area contributed by atoms with Crippen molar-refractivity contribution in [2.24, 2.45) is 0 Å². The van der Waals surface area contributed by atoms with E-state index < -0.39 is 6.04 Å². The second-order valence-electron chi connectivity index (χ2n) is 3.33. The first-order chi connectivity index (χ1) is 7.20. The van der Waals surface area contributed by atoms with Crippen molar-refractivity contribution >= 4 is 24.4 Å². The summed E-state index contributed by atoms with van der Waals surface area (Å²) in [5.41, 5.74) is 0. The number of likely N-dealkylation sites (tertiary alicyclic amines) is 1. The number of hydrogen-bond acceptors (Lipinski definition) is 4. The number of carbonyl (C=O) groups is 2. The van der Waals surface area contributed by atoms with Gasteiger partial charge in [0.1, 0.15) is 6.04 Å². The van der Waals surface area contributed by atoms with Crippen molar-refractivity contribution in [3.05, 3.63) is 0 Å². The third-order valence-corrected chi connectivity index (χ3v) is 2.29. The molecule has 2 amide bonds. The minimum atomic E-state index is -0.833. The normalized spacial score (nSPS) is 18.0. The van der Waals surface area contributed by atoms with Gasteiger partial charge in [0.05, 0.1) is 0 Å². The van der Waals surface area contributed by atoms with E-state index in [1.807, 2.05) is 0 Å². The van der Waals surface area contributed by atoms with Gasteiger partial charge in [0, 0.05) is 19.3 Å². The van der Waals surface area contributed by atoms with Crippen molar-refractivity contribution in [3.63, 3.8) is 0 Å². The number of nitrogens with zero attached hydrogens (tertiary/aromatic N) is 1. The van der Waals surface area contributed by atoms with E-state index in [-0.39, 0.29) is 37.5 Å². The van der Waals surface area contributed by atoms with E-state index in [2.05, 4.69) is 0 Å². The van der Waals surface area contributed by atoms with Gasteiger partial charge in [-0.05, 0) is 12.8 Å². The largest absolute Gasteiger partial charge is 0.291 e. The number of rotatable bonds is 6. The van der Waals surface area contributed by atoms with Gasteiger partial charge in [-0.3, -0.25) is 24.1 Å². The molecule has 1 aliphatic rings. The zero-order chi connectivity index (χ0) is 11.3. The highest BCUT2D eigenvalue weighted by Gasteiger charge is 2.34. The maximum absolute atomic E-state index is 11.3. The first-order valence-corrected chi connectivity index (χ1v) is 4.78. The Morgan fingerprint density at radius 1 is 1.20 bits per heavy atom. The maximum atomic E-state index is 11.3. The molecule has 0 bridgehead atoms. The van der Waals surface area contributed by atoms with Crippen LogP contribution < -0.4 is 0 Å². The molecule has 1 saturated heterocycles. The first kappa shape index (κ1) is 11.6. The molecule has 80 valence electrons. The van der Waals surface area contributed by atoms with Gasteiger partial charge in [0.25, 0.3) is 0 Å². The predicted octanol–water partition coefficient (Wildman–Crippen LogP) is -0.106. The molecule has 0 aromatic carbocycles. The van der Waals surface area contributed by atoms with Crippen LogP contribution in [0.25, 0.3) is 0 Å². The average molecular weight is 209 g/mol. The molecule has 1 unspecified atom stereocenters. The summed E-state index contributed by atoms with van der Waals surface area (Å²) in [5.74, 6) is -0.660. The summed E-state index contributed by atoms with van der Waals surface area (Å²) in [6.07, 6.45) is 4.61. The van der Waals surface area contributed by atoms with Crippen LogP contribution in [0.4, 0.5) is 0 Å². The van der Waals surface area contributed by atoms with Gasteiger partial charge in [-0.2, -0.15) is 0 Å². The van der Waals surface area contributed by atoms with Crippen LogP contribution in [0, 0.1) is 0 Å². The number of unbranched alkanes of at least 4 members (excludes halogenated alkanes) is 1. The lowest BCUT2D eigenvalue weighted by Gasteiger charge is -2.19. The molecule has 0 N–H and O–H groups in total. The topological polar surface area (TPSA) is 71.5 Å². The molecule has 15 heavy (non-hydrogen) atoms. The molecule has 0 aromatic rings. The molecule has 1 heterocycles. The second kappa shape index (κ2) is 5.38. The van der Waals surface area contributed by atoms with Gasteiger partial charge in [-0.1, -0.05) is 0 Å². The molecule has 0 spiro atoms. The van der Waals surface area contributed by atoms with Crippen LogP contribution in [0.2, 0.25) is 0 Å². The third-order valence-electron chi connectivity index (χ3n) is 2.29. The predicted molar refractivity (Wildman–Crippen MR) is 50.1 cm³/mol. The molecule has 1 fully saturated rings. The first-order valence-electron chi connectivity index (χ1n) is 4.78. The van der Waals surface area contributed by atoms with Crippen LogP contribution in [0.1, 0.15) is 32.1 Å². The summed E-state index contributed by atoms with van der Waals surface area (Å²) in [6.45, 7) is 0. The lowest BCUT2D eigenvalue weighted by molar-refractivity contribution is -0.139. The minimum Gasteiger partial charge on any atom is -0.291 e. The van der Waals surface area contributed by atoms with Gasteiger partial charge >= 0.3 is 0 Å². The highest BCUT2D eigenvalue weighted by molar-refractivity contribution is 6.03. The summed E-state index contributed by atoms with van der Waals surface area (Å²) in [5, 5.41) is 0. The molecule has 0 aromatic heterocycles. The van der Waals surface area contributed by atoms with E-state index in [9.17, 15) is 19.2 Å². The molecule has 5 heteroatoms. The Balaban J connectivity index is 2.56. The minimum absolute atomic E-state index is 0.164. The number of amides is 2. The Kier molecular flexibility index (Phi) is 4.15. The average Bonchev–Trinajstić information content (AvgIpc) is 2.55. The highest BCUT2D eigenvalue weighted by Crippen LogP contribution is 2.17. The Labute approximate surface area is 87.4 Å². The fourth-order valence-electron chi connectivity index (χ4n) is 1.55. The van der Waals surface area contributed by atoms with E-state index in [1.54, 1.807) is 12.6 Å². The molecule has 0 saturated carbocycles. The zero-order valence-electron chi connectivity index (χ0n) is 8.19. The molecule has 1 rings (SSSR count). The van der Waals surface area contributed by atoms with Crippen LogP contribution in [-0.4, -0.2) is 35.3 Å². The Bertz CT molecular complexity index is 271. The van der Waals surface area contributed by atoms with Crippen LogP contribution in [-0.2, 0) is 19.2 Å². The van der Waals surface area contributed by atoms with Crippen molar-refractivity contribution in [2.45, 2.75) is 38.1 Å². The molecule has 2 radical (unpaired) electrons. The van der Waals surface area contributed by atoms with E-state index in [4.69, 9.17) is 0 Å². The van der Waals surface area contributed by atoms with Crippen LogP contribution in [0.3, 0.4) is 0 Å². The number of hydrogen-bond donors (Lipinski definition) is 0. The summed E-state index contributed by atoms with van der Waals surface area (Å²) in [6, 6.07) is -0.833. The van der Waals surface area contributed by atoms with Gasteiger partial charge in [-0.15, -0.1) is 0 Å². The van der Waals surface area contributed by atoms with E-state index in [0.29, 0.717) is 6.42 Å². The quantitative estimate of drug-likeness (QED) is 0.452. The third kappa shape index (κ3) is 2.71. The molecule has 1 atom stereocenters. The van der Waals surface area contributed by atoms with E-state index in [1.165, 1.54) is 0 Å². The molecular formula is C10H11NO4. The standard InChI is InChI=1S/C10H11NO4/c12-6-2-1-3-8(7-13)11-9(14)4-5-10(11)15/h8H,1-5H2. The molecular weight excluding hydrogens is 198 g/mol. The Hall–Kier alpha value is -1.52.